The Morgan fingerprint density at radius 2 is 2.05 bits per heavy atom. The predicted molar refractivity (Wildman–Crippen MR) is 81.5 cm³/mol. The Morgan fingerprint density at radius 1 is 1.30 bits per heavy atom. The molecule has 1 heterocycles. The first kappa shape index (κ1) is 14.6. The van der Waals surface area contributed by atoms with E-state index in [4.69, 9.17) is 15.6 Å². The van der Waals surface area contributed by atoms with Crippen LogP contribution in [0, 0.1) is 0 Å². The number of nitrogens with two attached hydrogens (primary N) is 1. The predicted octanol–water partition coefficient (Wildman–Crippen LogP) is 3.03. The molecule has 0 saturated heterocycles. The summed E-state index contributed by atoms with van der Waals surface area (Å²) >= 11 is 0. The fourth-order valence-corrected chi connectivity index (χ4v) is 2.46. The summed E-state index contributed by atoms with van der Waals surface area (Å²) in [4.78, 5) is 0. The van der Waals surface area contributed by atoms with E-state index in [2.05, 4.69) is 19.9 Å². The Balaban J connectivity index is 2.65. The van der Waals surface area contributed by atoms with Crippen molar-refractivity contribution in [1.29, 1.82) is 0 Å². The Kier molecular flexibility index (Phi) is 4.45. The molecule has 4 nitrogen and oxygen atoms in total. The first-order chi connectivity index (χ1) is 9.62. The first-order valence-electron chi connectivity index (χ1n) is 7.13. The van der Waals surface area contributed by atoms with Gasteiger partial charge in [-0.3, -0.25) is 0 Å². The van der Waals surface area contributed by atoms with Crippen LogP contribution in [0.2, 0.25) is 0 Å². The van der Waals surface area contributed by atoms with Gasteiger partial charge in [0.2, 0.25) is 0 Å². The summed E-state index contributed by atoms with van der Waals surface area (Å²) in [5, 5.41) is 4.69. The molecule has 20 heavy (non-hydrogen) atoms. The van der Waals surface area contributed by atoms with Crippen molar-refractivity contribution in [2.45, 2.75) is 39.7 Å². The summed E-state index contributed by atoms with van der Waals surface area (Å²) in [6.07, 6.45) is 1.86. The van der Waals surface area contributed by atoms with Crippen molar-refractivity contribution >= 4 is 0 Å². The molecule has 1 aromatic heterocycles. The van der Waals surface area contributed by atoms with Crippen LogP contribution in [0.25, 0.3) is 5.69 Å². The third-order valence-corrected chi connectivity index (χ3v) is 3.50. The van der Waals surface area contributed by atoms with Crippen LogP contribution in [-0.2, 0) is 12.8 Å². The molecule has 2 N–H and O–H groups in total. The minimum Gasteiger partial charge on any atom is -0.496 e. The van der Waals surface area contributed by atoms with Crippen LogP contribution in [-0.4, -0.2) is 16.9 Å². The molecule has 0 aliphatic rings. The van der Waals surface area contributed by atoms with Gasteiger partial charge in [0.05, 0.1) is 18.5 Å². The number of methoxy groups -OCH3 is 1. The molecule has 108 valence electrons. The van der Waals surface area contributed by atoms with E-state index in [1.54, 1.807) is 7.11 Å². The van der Waals surface area contributed by atoms with E-state index in [-0.39, 0.29) is 6.04 Å². The van der Waals surface area contributed by atoms with Crippen LogP contribution in [0.1, 0.15) is 43.8 Å². The number of aryl methyl sites for hydroxylation is 2. The smallest absolute Gasteiger partial charge is 0.125 e. The molecule has 0 saturated carbocycles. The highest BCUT2D eigenvalue weighted by molar-refractivity contribution is 5.52. The maximum atomic E-state index is 6.14. The number of hydrogen-bond donors (Lipinski definition) is 1. The molecule has 1 atom stereocenters. The van der Waals surface area contributed by atoms with Crippen molar-refractivity contribution in [1.82, 2.24) is 9.78 Å². The molecule has 0 amide bonds. The highest BCUT2D eigenvalue weighted by Gasteiger charge is 2.17. The average molecular weight is 273 g/mol. The summed E-state index contributed by atoms with van der Waals surface area (Å²) in [6, 6.07) is 8.02. The lowest BCUT2D eigenvalue weighted by Gasteiger charge is -2.18. The van der Waals surface area contributed by atoms with Crippen molar-refractivity contribution < 1.29 is 4.74 Å². The van der Waals surface area contributed by atoms with Gasteiger partial charge in [0, 0.05) is 17.3 Å². The second kappa shape index (κ2) is 6.09. The van der Waals surface area contributed by atoms with Crippen LogP contribution in [0.4, 0.5) is 0 Å². The molecule has 0 aliphatic carbocycles. The summed E-state index contributed by atoms with van der Waals surface area (Å²) in [5.41, 5.74) is 10.4. The van der Waals surface area contributed by atoms with Gasteiger partial charge in [0.1, 0.15) is 5.75 Å². The normalized spacial score (nSPS) is 12.4. The standard InChI is InChI=1S/C16H23N3O/c1-5-12-10-13(6-2)19(18-12)14-8-7-9-15(20-4)16(14)11(3)17/h7-11H,5-6,17H2,1-4H3. The van der Waals surface area contributed by atoms with E-state index in [9.17, 15) is 0 Å². The number of nitrogens with zero attached hydrogens (tertiary/aromatic N) is 2. The number of hydrogen-bond acceptors (Lipinski definition) is 3. The molecular weight excluding hydrogens is 250 g/mol. The second-order valence-corrected chi connectivity index (χ2v) is 4.93. The van der Waals surface area contributed by atoms with Crippen LogP contribution >= 0.6 is 0 Å². The van der Waals surface area contributed by atoms with Crippen molar-refractivity contribution in [3.63, 3.8) is 0 Å². The molecule has 0 radical (unpaired) electrons. The zero-order valence-electron chi connectivity index (χ0n) is 12.7. The molecule has 1 aromatic carbocycles. The minimum atomic E-state index is -0.111. The van der Waals surface area contributed by atoms with E-state index in [1.807, 2.05) is 29.8 Å². The summed E-state index contributed by atoms with van der Waals surface area (Å²) in [7, 11) is 1.67. The topological polar surface area (TPSA) is 53.1 Å². The Morgan fingerprint density at radius 3 is 2.60 bits per heavy atom. The lowest BCUT2D eigenvalue weighted by molar-refractivity contribution is 0.406. The molecule has 0 spiro atoms. The molecule has 0 bridgehead atoms. The van der Waals surface area contributed by atoms with E-state index < -0.39 is 0 Å². The van der Waals surface area contributed by atoms with Gasteiger partial charge in [0.25, 0.3) is 0 Å². The highest BCUT2D eigenvalue weighted by atomic mass is 16.5. The van der Waals surface area contributed by atoms with Crippen molar-refractivity contribution in [2.24, 2.45) is 5.73 Å². The Bertz CT molecular complexity index is 587. The van der Waals surface area contributed by atoms with E-state index in [0.717, 1.165) is 35.5 Å². The fourth-order valence-electron chi connectivity index (χ4n) is 2.46. The van der Waals surface area contributed by atoms with Crippen LogP contribution < -0.4 is 10.5 Å². The quantitative estimate of drug-likeness (QED) is 0.911. The van der Waals surface area contributed by atoms with Gasteiger partial charge < -0.3 is 10.5 Å². The molecule has 4 heteroatoms. The monoisotopic (exact) mass is 273 g/mol. The lowest BCUT2D eigenvalue weighted by atomic mass is 10.1. The lowest BCUT2D eigenvalue weighted by Crippen LogP contribution is -2.13. The van der Waals surface area contributed by atoms with Gasteiger partial charge in [-0.05, 0) is 38.0 Å². The molecule has 0 aliphatic heterocycles. The molecule has 1 unspecified atom stereocenters. The summed E-state index contributed by atoms with van der Waals surface area (Å²) in [6.45, 7) is 6.22. The Labute approximate surface area is 120 Å². The van der Waals surface area contributed by atoms with Crippen LogP contribution in [0.5, 0.6) is 5.75 Å². The maximum Gasteiger partial charge on any atom is 0.125 e. The van der Waals surface area contributed by atoms with Gasteiger partial charge in [-0.15, -0.1) is 0 Å². The number of aromatic nitrogens is 2. The third kappa shape index (κ3) is 2.56. The van der Waals surface area contributed by atoms with Crippen LogP contribution in [0.15, 0.2) is 24.3 Å². The third-order valence-electron chi connectivity index (χ3n) is 3.50. The summed E-state index contributed by atoms with van der Waals surface area (Å²) < 4.78 is 7.45. The molecular formula is C16H23N3O. The fraction of sp³-hybridized carbons (Fsp3) is 0.438. The van der Waals surface area contributed by atoms with Crippen molar-refractivity contribution in [3.8, 4) is 11.4 Å². The zero-order valence-corrected chi connectivity index (χ0v) is 12.7. The van der Waals surface area contributed by atoms with Gasteiger partial charge in [0.15, 0.2) is 0 Å². The number of ether oxygens (including phenoxy) is 1. The average Bonchev–Trinajstić information content (AvgIpc) is 2.89. The van der Waals surface area contributed by atoms with Crippen molar-refractivity contribution in [2.75, 3.05) is 7.11 Å². The van der Waals surface area contributed by atoms with Gasteiger partial charge >= 0.3 is 0 Å². The second-order valence-electron chi connectivity index (χ2n) is 4.93. The van der Waals surface area contributed by atoms with Gasteiger partial charge in [-0.2, -0.15) is 5.10 Å². The SMILES string of the molecule is CCc1cc(CC)n(-c2cccc(OC)c2C(C)N)n1. The van der Waals surface area contributed by atoms with E-state index in [0.29, 0.717) is 0 Å². The van der Waals surface area contributed by atoms with E-state index in [1.165, 1.54) is 5.69 Å². The minimum absolute atomic E-state index is 0.111. The first-order valence-corrected chi connectivity index (χ1v) is 7.13. The zero-order chi connectivity index (χ0) is 14.7. The Hall–Kier alpha value is -1.81. The molecule has 2 rings (SSSR count). The largest absolute Gasteiger partial charge is 0.496 e. The summed E-state index contributed by atoms with van der Waals surface area (Å²) in [5.74, 6) is 0.813. The molecule has 2 aromatic rings. The van der Waals surface area contributed by atoms with Gasteiger partial charge in [-0.25, -0.2) is 4.68 Å². The van der Waals surface area contributed by atoms with Crippen molar-refractivity contribution in [3.05, 3.63) is 41.2 Å². The highest BCUT2D eigenvalue weighted by Crippen LogP contribution is 2.30. The van der Waals surface area contributed by atoms with Crippen LogP contribution in [0.3, 0.4) is 0 Å². The maximum absolute atomic E-state index is 6.14. The number of benzene rings is 1. The van der Waals surface area contributed by atoms with Gasteiger partial charge in [-0.1, -0.05) is 19.9 Å². The molecule has 0 fully saturated rings. The number of rotatable bonds is 5. The van der Waals surface area contributed by atoms with E-state index >= 15 is 0 Å².